The van der Waals surface area contributed by atoms with Crippen molar-refractivity contribution in [2.24, 2.45) is 0 Å². The number of ether oxygens (including phenoxy) is 2. The number of carbonyl (C=O) groups is 3. The highest BCUT2D eigenvalue weighted by Gasteiger charge is 2.47. The molecule has 10 heteroatoms. The molecule has 2 aromatic heterocycles. The Balaban J connectivity index is 1.72. The van der Waals surface area contributed by atoms with Crippen molar-refractivity contribution < 1.29 is 33.4 Å². The summed E-state index contributed by atoms with van der Waals surface area (Å²) in [6, 6.07) is 2.60. The number of aryl methyl sites for hydroxylation is 2. The van der Waals surface area contributed by atoms with Crippen LogP contribution in [0, 0.1) is 20.8 Å². The minimum Gasteiger partial charge on any atom is -0.507 e. The Bertz CT molecular complexity index is 1170. The number of carbonyl (C=O) groups excluding carboxylic acids is 3. The fourth-order valence-electron chi connectivity index (χ4n) is 4.84. The van der Waals surface area contributed by atoms with E-state index in [1.165, 1.54) is 12.0 Å². The largest absolute Gasteiger partial charge is 0.507 e. The van der Waals surface area contributed by atoms with Crippen LogP contribution in [-0.2, 0) is 19.1 Å². The van der Waals surface area contributed by atoms with Crippen LogP contribution in [0.3, 0.4) is 0 Å². The highest BCUT2D eigenvalue weighted by atomic mass is 16.5. The maximum absolute atomic E-state index is 13.2. The second kappa shape index (κ2) is 10.1. The topological polar surface area (TPSA) is 125 Å². The number of hydrogen-bond acceptors (Lipinski definition) is 8. The van der Waals surface area contributed by atoms with Crippen molar-refractivity contribution in [2.45, 2.75) is 33.2 Å². The third kappa shape index (κ3) is 4.63. The van der Waals surface area contributed by atoms with Crippen LogP contribution in [-0.4, -0.2) is 84.1 Å². The van der Waals surface area contributed by atoms with Gasteiger partial charge in [0.25, 0.3) is 11.7 Å². The first-order chi connectivity index (χ1) is 16.7. The number of rotatable bonds is 7. The average molecular weight is 486 g/mol. The van der Waals surface area contributed by atoms with E-state index in [0.717, 1.165) is 19.6 Å². The van der Waals surface area contributed by atoms with Gasteiger partial charge in [-0.15, -0.1) is 0 Å². The number of aliphatic hydroxyl groups excluding tert-OH is 1. The molecule has 4 heterocycles. The summed E-state index contributed by atoms with van der Waals surface area (Å²) in [5.41, 5.74) is 1.33. The number of H-pyrrole nitrogens is 1. The Kier molecular flexibility index (Phi) is 7.13. The van der Waals surface area contributed by atoms with E-state index in [-0.39, 0.29) is 17.0 Å². The number of aliphatic hydroxyl groups is 1. The summed E-state index contributed by atoms with van der Waals surface area (Å²) in [6.45, 7) is 9.20. The smallest absolute Gasteiger partial charge is 0.354 e. The van der Waals surface area contributed by atoms with Gasteiger partial charge in [0.15, 0.2) is 0 Å². The van der Waals surface area contributed by atoms with E-state index in [9.17, 15) is 19.5 Å². The molecule has 2 fully saturated rings. The number of furan rings is 1. The molecule has 2 aliphatic heterocycles. The first kappa shape index (κ1) is 24.7. The first-order valence-electron chi connectivity index (χ1n) is 11.7. The number of methoxy groups -OCH3 is 1. The molecule has 4 rings (SSSR count). The van der Waals surface area contributed by atoms with Crippen LogP contribution in [0.25, 0.3) is 5.76 Å². The molecule has 0 saturated carbocycles. The quantitative estimate of drug-likeness (QED) is 0.265. The average Bonchev–Trinajstić information content (AvgIpc) is 3.48. The zero-order chi connectivity index (χ0) is 25.3. The molecule has 0 aromatic carbocycles. The highest BCUT2D eigenvalue weighted by molar-refractivity contribution is 6.46. The van der Waals surface area contributed by atoms with Gasteiger partial charge in [-0.2, -0.15) is 0 Å². The van der Waals surface area contributed by atoms with E-state index >= 15 is 0 Å². The van der Waals surface area contributed by atoms with E-state index in [1.807, 2.05) is 0 Å². The highest BCUT2D eigenvalue weighted by Crippen LogP contribution is 2.41. The molecule has 2 N–H and O–H groups in total. The third-order valence-electron chi connectivity index (χ3n) is 6.61. The SMILES string of the molecule is COC(=O)c1[nH]c(C)c(/C(O)=C2\C(=O)C(=O)N(CCCN3CCOCC3)[C@@H]2c2ccc(C)o2)c1C. The van der Waals surface area contributed by atoms with E-state index in [2.05, 4.69) is 9.88 Å². The van der Waals surface area contributed by atoms with Gasteiger partial charge in [-0.1, -0.05) is 0 Å². The second-order valence-corrected chi connectivity index (χ2v) is 8.87. The number of Topliss-reactive ketones (excluding diaryl/α,β-unsaturated/α-hetero) is 1. The molecule has 2 aromatic rings. The summed E-state index contributed by atoms with van der Waals surface area (Å²) in [6.07, 6.45) is 0.651. The maximum Gasteiger partial charge on any atom is 0.354 e. The normalized spacial score (nSPS) is 20.6. The van der Waals surface area contributed by atoms with Crippen LogP contribution in [0.2, 0.25) is 0 Å². The minimum atomic E-state index is -0.872. The molecule has 188 valence electrons. The van der Waals surface area contributed by atoms with E-state index in [1.54, 1.807) is 32.9 Å². The fraction of sp³-hybridized carbons (Fsp3) is 0.480. The predicted octanol–water partition coefficient (Wildman–Crippen LogP) is 2.46. The Morgan fingerprint density at radius 2 is 1.89 bits per heavy atom. The van der Waals surface area contributed by atoms with Gasteiger partial charge in [0.1, 0.15) is 29.0 Å². The molecular weight excluding hydrogens is 454 g/mol. The van der Waals surface area contributed by atoms with Crippen molar-refractivity contribution in [1.29, 1.82) is 0 Å². The van der Waals surface area contributed by atoms with Crippen LogP contribution >= 0.6 is 0 Å². The number of hydrogen-bond donors (Lipinski definition) is 2. The number of nitrogens with zero attached hydrogens (tertiary/aromatic N) is 2. The first-order valence-corrected chi connectivity index (χ1v) is 11.7. The predicted molar refractivity (Wildman–Crippen MR) is 126 cm³/mol. The molecule has 10 nitrogen and oxygen atoms in total. The number of morpholine rings is 1. The molecule has 0 bridgehead atoms. The van der Waals surface area contributed by atoms with Gasteiger partial charge in [0.05, 0.1) is 25.9 Å². The molecule has 0 radical (unpaired) electrons. The zero-order valence-electron chi connectivity index (χ0n) is 20.5. The van der Waals surface area contributed by atoms with Crippen molar-refractivity contribution in [3.8, 4) is 0 Å². The number of amides is 1. The number of ketones is 1. The number of likely N-dealkylation sites (tertiary alicyclic amines) is 1. The lowest BCUT2D eigenvalue weighted by atomic mass is 9.97. The molecular formula is C25H31N3O7. The lowest BCUT2D eigenvalue weighted by molar-refractivity contribution is -0.140. The fourth-order valence-corrected chi connectivity index (χ4v) is 4.84. The zero-order valence-corrected chi connectivity index (χ0v) is 20.5. The summed E-state index contributed by atoms with van der Waals surface area (Å²) in [5, 5.41) is 11.4. The van der Waals surface area contributed by atoms with Crippen molar-refractivity contribution >= 4 is 23.4 Å². The van der Waals surface area contributed by atoms with E-state index in [0.29, 0.717) is 54.5 Å². The molecule has 0 aliphatic carbocycles. The molecule has 0 spiro atoms. The molecule has 2 aliphatic rings. The van der Waals surface area contributed by atoms with E-state index < -0.39 is 23.7 Å². The number of nitrogens with one attached hydrogen (secondary N) is 1. The molecule has 0 unspecified atom stereocenters. The van der Waals surface area contributed by atoms with Gasteiger partial charge in [-0.3, -0.25) is 14.5 Å². The van der Waals surface area contributed by atoms with Crippen LogP contribution in [0.4, 0.5) is 0 Å². The summed E-state index contributed by atoms with van der Waals surface area (Å²) in [4.78, 5) is 45.1. The van der Waals surface area contributed by atoms with Gasteiger partial charge in [-0.25, -0.2) is 4.79 Å². The molecule has 1 atom stereocenters. The molecule has 2 saturated heterocycles. The Morgan fingerprint density at radius 1 is 1.17 bits per heavy atom. The minimum absolute atomic E-state index is 0.0580. The van der Waals surface area contributed by atoms with Gasteiger partial charge < -0.3 is 28.9 Å². The van der Waals surface area contributed by atoms with Crippen LogP contribution in [0.1, 0.15) is 51.3 Å². The monoisotopic (exact) mass is 485 g/mol. The van der Waals surface area contributed by atoms with Crippen LogP contribution < -0.4 is 0 Å². The lowest BCUT2D eigenvalue weighted by Gasteiger charge is -2.28. The summed E-state index contributed by atoms with van der Waals surface area (Å²) in [7, 11) is 1.26. The molecule has 35 heavy (non-hydrogen) atoms. The summed E-state index contributed by atoms with van der Waals surface area (Å²) >= 11 is 0. The Labute approximate surface area is 203 Å². The van der Waals surface area contributed by atoms with Gasteiger partial charge in [0, 0.05) is 37.4 Å². The Hall–Kier alpha value is -3.37. The van der Waals surface area contributed by atoms with Crippen molar-refractivity contribution in [2.75, 3.05) is 46.5 Å². The van der Waals surface area contributed by atoms with Gasteiger partial charge in [-0.05, 0) is 44.9 Å². The number of aromatic nitrogens is 1. The van der Waals surface area contributed by atoms with Crippen molar-refractivity contribution in [3.05, 3.63) is 51.7 Å². The van der Waals surface area contributed by atoms with Gasteiger partial charge >= 0.3 is 5.97 Å². The second-order valence-electron chi connectivity index (χ2n) is 8.87. The molecule has 1 amide bonds. The van der Waals surface area contributed by atoms with Crippen LogP contribution in [0.15, 0.2) is 22.1 Å². The van der Waals surface area contributed by atoms with Gasteiger partial charge in [0.2, 0.25) is 0 Å². The number of esters is 1. The summed E-state index contributed by atoms with van der Waals surface area (Å²) in [5.74, 6) is -1.39. The number of aromatic amines is 1. The summed E-state index contributed by atoms with van der Waals surface area (Å²) < 4.78 is 16.0. The van der Waals surface area contributed by atoms with Crippen molar-refractivity contribution in [1.82, 2.24) is 14.8 Å². The van der Waals surface area contributed by atoms with Crippen molar-refractivity contribution in [3.63, 3.8) is 0 Å². The third-order valence-corrected chi connectivity index (χ3v) is 6.61. The Morgan fingerprint density at radius 3 is 2.51 bits per heavy atom. The standard InChI is InChI=1S/C25H31N3O7/c1-14-6-7-17(35-14)21-19(22(29)18-15(2)20(25(32)33-4)26-16(18)3)23(30)24(31)28(21)9-5-8-27-10-12-34-13-11-27/h6-7,21,26,29H,5,8-13H2,1-4H3/b22-19+/t21-/m1/s1. The lowest BCUT2D eigenvalue weighted by Crippen LogP contribution is -2.38. The van der Waals surface area contributed by atoms with E-state index in [4.69, 9.17) is 13.9 Å². The van der Waals surface area contributed by atoms with Crippen LogP contribution in [0.5, 0.6) is 0 Å². The maximum atomic E-state index is 13.2.